The zero-order valence-corrected chi connectivity index (χ0v) is 11.7. The molecule has 0 unspecified atom stereocenters. The van der Waals surface area contributed by atoms with Gasteiger partial charge in [0, 0.05) is 0 Å². The van der Waals surface area contributed by atoms with E-state index in [1.54, 1.807) is 0 Å². The van der Waals surface area contributed by atoms with Crippen LogP contribution in [0.5, 0.6) is 0 Å². The molecule has 3 heteroatoms. The van der Waals surface area contributed by atoms with Gasteiger partial charge in [0.25, 0.3) is 0 Å². The molecule has 9 heavy (non-hydrogen) atoms. The Bertz CT molecular complexity index is 76.2. The van der Waals surface area contributed by atoms with Gasteiger partial charge in [0.15, 0.2) is 0 Å². The van der Waals surface area contributed by atoms with Gasteiger partial charge in [-0.15, -0.1) is 0 Å². The first-order valence-corrected chi connectivity index (χ1v) is 17.2. The molecule has 0 saturated carbocycles. The van der Waals surface area contributed by atoms with E-state index in [0.717, 1.165) is 0 Å². The van der Waals surface area contributed by atoms with Crippen molar-refractivity contribution in [3.8, 4) is 0 Å². The molecule has 0 fully saturated rings. The van der Waals surface area contributed by atoms with E-state index in [9.17, 15) is 0 Å². The van der Waals surface area contributed by atoms with Crippen LogP contribution in [0.1, 0.15) is 0 Å². The average molecular weight is 274 g/mol. The Balaban J connectivity index is 3.75. The molecule has 0 nitrogen and oxygen atoms in total. The SMILES string of the molecule is C[Si](C)(C)[Te+][Si](C)(C)C. The van der Waals surface area contributed by atoms with Gasteiger partial charge < -0.3 is 0 Å². The first-order chi connectivity index (χ1) is 3.71. The molecule has 1 radical (unpaired) electrons. The summed E-state index contributed by atoms with van der Waals surface area (Å²) < 4.78 is 0. The summed E-state index contributed by atoms with van der Waals surface area (Å²) in [6.07, 6.45) is 0. The van der Waals surface area contributed by atoms with E-state index in [0.29, 0.717) is 19.3 Å². The van der Waals surface area contributed by atoms with Gasteiger partial charge in [0.2, 0.25) is 0 Å². The van der Waals surface area contributed by atoms with Crippen molar-refractivity contribution in [3.05, 3.63) is 0 Å². The molecule has 0 bridgehead atoms. The standard InChI is InChI=1S/C6H18Si2Te/c1-7(2,3)9-8(4,5)6/h1-6H3/q+1. The molecule has 0 aliphatic carbocycles. The van der Waals surface area contributed by atoms with E-state index in [-0.39, 0.29) is 0 Å². The van der Waals surface area contributed by atoms with Crippen molar-refractivity contribution in [2.24, 2.45) is 0 Å². The molecule has 0 aromatic rings. The van der Waals surface area contributed by atoms with E-state index in [4.69, 9.17) is 0 Å². The predicted octanol–water partition coefficient (Wildman–Crippen LogP) is 2.36. The third-order valence-corrected chi connectivity index (χ3v) is 37.0. The first kappa shape index (κ1) is 10.2. The van der Waals surface area contributed by atoms with Gasteiger partial charge in [-0.2, -0.15) is 0 Å². The van der Waals surface area contributed by atoms with Crippen molar-refractivity contribution in [1.82, 2.24) is 0 Å². The van der Waals surface area contributed by atoms with Crippen LogP contribution in [0, 0.1) is 0 Å². The van der Waals surface area contributed by atoms with Gasteiger partial charge in [0.1, 0.15) is 0 Å². The maximum absolute atomic E-state index is 2.52. The summed E-state index contributed by atoms with van der Waals surface area (Å²) in [5.74, 6) is 0. The summed E-state index contributed by atoms with van der Waals surface area (Å²) in [4.78, 5) is 0. The van der Waals surface area contributed by atoms with Crippen LogP contribution in [0.3, 0.4) is 0 Å². The Kier molecular flexibility index (Phi) is 3.50. The van der Waals surface area contributed by atoms with Crippen LogP contribution < -0.4 is 0 Å². The molecule has 0 rings (SSSR count). The van der Waals surface area contributed by atoms with Crippen LogP contribution in [0.15, 0.2) is 0 Å². The second-order valence-corrected chi connectivity index (χ2v) is 39.8. The second kappa shape index (κ2) is 3.08. The molecular weight excluding hydrogens is 256 g/mol. The Labute approximate surface area is 69.7 Å². The molecule has 0 aromatic carbocycles. The zero-order chi connectivity index (χ0) is 7.71. The van der Waals surface area contributed by atoms with Crippen LogP contribution in [-0.2, 0) is 0 Å². The Morgan fingerprint density at radius 1 is 0.667 bits per heavy atom. The molecule has 0 aromatic heterocycles. The molecule has 0 amide bonds. The quantitative estimate of drug-likeness (QED) is 0.678. The predicted molar refractivity (Wildman–Crippen MR) is 52.4 cm³/mol. The van der Waals surface area contributed by atoms with Gasteiger partial charge in [-0.3, -0.25) is 0 Å². The number of hydrogen-bond acceptors (Lipinski definition) is 0. The molecule has 0 N–H and O–H groups in total. The molecule has 0 heterocycles. The molecule has 0 aliphatic heterocycles. The first-order valence-electron chi connectivity index (χ1n) is 3.41. The molecule has 0 spiro atoms. The van der Waals surface area contributed by atoms with Crippen molar-refractivity contribution in [3.63, 3.8) is 0 Å². The van der Waals surface area contributed by atoms with Crippen molar-refractivity contribution < 1.29 is 0 Å². The van der Waals surface area contributed by atoms with Gasteiger partial charge in [-0.05, 0) is 0 Å². The Morgan fingerprint density at radius 2 is 0.889 bits per heavy atom. The summed E-state index contributed by atoms with van der Waals surface area (Å²) in [5.41, 5.74) is -1.20. The van der Waals surface area contributed by atoms with Crippen molar-refractivity contribution in [1.29, 1.82) is 0 Å². The Hall–Kier alpha value is 1.22. The van der Waals surface area contributed by atoms with Gasteiger partial charge in [-0.25, -0.2) is 0 Å². The monoisotopic (exact) mass is 276 g/mol. The van der Waals surface area contributed by atoms with E-state index >= 15 is 0 Å². The van der Waals surface area contributed by atoms with E-state index in [1.807, 2.05) is 0 Å². The van der Waals surface area contributed by atoms with E-state index in [2.05, 4.69) is 39.3 Å². The van der Waals surface area contributed by atoms with Gasteiger partial charge in [-0.1, -0.05) is 0 Å². The van der Waals surface area contributed by atoms with Gasteiger partial charge >= 0.3 is 69.9 Å². The van der Waals surface area contributed by atoms with Crippen molar-refractivity contribution >= 4 is 30.6 Å². The normalized spacial score (nSPS) is 14.0. The van der Waals surface area contributed by atoms with Crippen LogP contribution in [0.25, 0.3) is 0 Å². The zero-order valence-electron chi connectivity index (χ0n) is 7.41. The van der Waals surface area contributed by atoms with E-state index in [1.165, 1.54) is 0 Å². The third kappa shape index (κ3) is 9.22. The molecule has 0 saturated heterocycles. The molecular formula is C6H18Si2Te+. The topological polar surface area (TPSA) is 0 Å². The van der Waals surface area contributed by atoms with Crippen LogP contribution in [0.2, 0.25) is 39.3 Å². The summed E-state index contributed by atoms with van der Waals surface area (Å²) in [5, 5.41) is 0. The minimum atomic E-state index is -0.601. The number of rotatable bonds is 2. The van der Waals surface area contributed by atoms with Crippen molar-refractivity contribution in [2.75, 3.05) is 0 Å². The summed E-state index contributed by atoms with van der Waals surface area (Å²) in [6, 6.07) is 0. The maximum atomic E-state index is 2.52. The molecule has 0 atom stereocenters. The van der Waals surface area contributed by atoms with Crippen molar-refractivity contribution in [2.45, 2.75) is 39.3 Å². The summed E-state index contributed by atoms with van der Waals surface area (Å²) in [6.45, 7) is 15.1. The average Bonchev–Trinajstić information content (AvgIpc) is 1.14. The number of hydrogen-bond donors (Lipinski definition) is 0. The second-order valence-electron chi connectivity index (χ2n) is 4.33. The van der Waals surface area contributed by atoms with Crippen LogP contribution in [0.4, 0.5) is 0 Å². The fourth-order valence-corrected chi connectivity index (χ4v) is 55.5. The third-order valence-electron chi connectivity index (χ3n) is 0.612. The summed E-state index contributed by atoms with van der Waals surface area (Å²) in [7, 11) is 0. The van der Waals surface area contributed by atoms with Crippen LogP contribution >= 0.6 is 0 Å². The fourth-order valence-electron chi connectivity index (χ4n) is 0.919. The minimum absolute atomic E-state index is 0.443. The Morgan fingerprint density at radius 3 is 0.889 bits per heavy atom. The molecule has 0 aliphatic rings. The van der Waals surface area contributed by atoms with E-state index < -0.39 is 11.2 Å². The summed E-state index contributed by atoms with van der Waals surface area (Å²) >= 11 is 0.443. The van der Waals surface area contributed by atoms with Crippen LogP contribution in [-0.4, -0.2) is 30.6 Å². The molecule has 55 valence electrons. The van der Waals surface area contributed by atoms with Gasteiger partial charge in [0.05, 0.1) is 0 Å². The fraction of sp³-hybridized carbons (Fsp3) is 1.00.